The van der Waals surface area contributed by atoms with Crippen LogP contribution in [0.25, 0.3) is 0 Å². The van der Waals surface area contributed by atoms with Crippen molar-refractivity contribution >= 4 is 14.3 Å². The number of carboxylic acid groups (broad SMARTS) is 1. The minimum Gasteiger partial charge on any atom is -0.481 e. The summed E-state index contributed by atoms with van der Waals surface area (Å²) in [7, 11) is -1.62. The molecule has 0 spiro atoms. The molecule has 0 radical (unpaired) electrons. The smallest absolute Gasteiger partial charge is 0.303 e. The molecule has 19 heavy (non-hydrogen) atoms. The molecule has 0 aromatic carbocycles. The second-order valence-electron chi connectivity index (χ2n) is 5.48. The predicted octanol–water partition coefficient (Wildman–Crippen LogP) is 4.82. The summed E-state index contributed by atoms with van der Waals surface area (Å²) in [5.41, 5.74) is -0.0935. The van der Waals surface area contributed by atoms with Gasteiger partial charge in [-0.05, 0) is 43.8 Å². The van der Waals surface area contributed by atoms with Crippen molar-refractivity contribution in [1.29, 1.82) is 0 Å². The van der Waals surface area contributed by atoms with Crippen LogP contribution >= 0.6 is 0 Å². The minimum absolute atomic E-state index is 0.0935. The van der Waals surface area contributed by atoms with E-state index in [1.54, 1.807) is 0 Å². The molecule has 0 atom stereocenters. The fourth-order valence-corrected chi connectivity index (χ4v) is 6.03. The van der Waals surface area contributed by atoms with Crippen LogP contribution in [-0.2, 0) is 9.22 Å². The molecule has 0 rings (SSSR count). The highest BCUT2D eigenvalue weighted by Gasteiger charge is 2.38. The number of aliphatic carboxylic acids is 1. The Kier molecular flexibility index (Phi) is 8.58. The average Bonchev–Trinajstić information content (AvgIpc) is 2.43. The summed E-state index contributed by atoms with van der Waals surface area (Å²) < 4.78 is 6.70. The van der Waals surface area contributed by atoms with Crippen LogP contribution < -0.4 is 0 Å². The average molecular weight is 289 g/mol. The maximum Gasteiger partial charge on any atom is 0.303 e. The van der Waals surface area contributed by atoms with Crippen molar-refractivity contribution in [2.24, 2.45) is 0 Å². The van der Waals surface area contributed by atoms with Gasteiger partial charge in [0, 0.05) is 6.42 Å². The van der Waals surface area contributed by atoms with Gasteiger partial charge in [0.2, 0.25) is 0 Å². The van der Waals surface area contributed by atoms with Gasteiger partial charge in [-0.25, -0.2) is 0 Å². The number of carbonyl (C=O) groups is 1. The largest absolute Gasteiger partial charge is 0.481 e. The van der Waals surface area contributed by atoms with Gasteiger partial charge >= 0.3 is 5.97 Å². The summed E-state index contributed by atoms with van der Waals surface area (Å²) in [5.74, 6) is -0.703. The van der Waals surface area contributed by atoms with Crippen LogP contribution in [0.5, 0.6) is 0 Å². The molecule has 0 aliphatic heterocycles. The number of rotatable bonds is 11. The van der Waals surface area contributed by atoms with Crippen LogP contribution in [0.1, 0.15) is 66.7 Å². The monoisotopic (exact) mass is 288 g/mol. The van der Waals surface area contributed by atoms with Gasteiger partial charge in [-0.3, -0.25) is 4.79 Å². The third kappa shape index (κ3) is 5.65. The maximum absolute atomic E-state index is 10.7. The zero-order chi connectivity index (χ0) is 14.9. The van der Waals surface area contributed by atoms with E-state index >= 15 is 0 Å². The van der Waals surface area contributed by atoms with E-state index < -0.39 is 14.3 Å². The van der Waals surface area contributed by atoms with Crippen LogP contribution in [0.2, 0.25) is 18.1 Å². The summed E-state index contributed by atoms with van der Waals surface area (Å²) in [6.45, 7) is 11.1. The third-order valence-corrected chi connectivity index (χ3v) is 9.41. The Balaban J connectivity index is 4.81. The van der Waals surface area contributed by atoms with Gasteiger partial charge in [0.05, 0.1) is 5.60 Å². The Morgan fingerprint density at radius 3 is 1.84 bits per heavy atom. The zero-order valence-corrected chi connectivity index (χ0v) is 14.4. The molecular weight excluding hydrogens is 256 g/mol. The minimum atomic E-state index is -1.62. The van der Waals surface area contributed by atoms with E-state index in [0.29, 0.717) is 0 Å². The SMILES string of the molecule is CCC(CC)(CCCC(=O)O)O[Si](CC)(CC)CC. The lowest BCUT2D eigenvalue weighted by molar-refractivity contribution is -0.137. The first-order valence-electron chi connectivity index (χ1n) is 7.85. The summed E-state index contributed by atoms with van der Waals surface area (Å²) in [6, 6.07) is 3.46. The Labute approximate surface area is 119 Å². The normalized spacial score (nSPS) is 12.7. The molecule has 0 saturated carbocycles. The van der Waals surface area contributed by atoms with E-state index in [2.05, 4.69) is 34.6 Å². The topological polar surface area (TPSA) is 46.5 Å². The van der Waals surface area contributed by atoms with Gasteiger partial charge in [-0.15, -0.1) is 0 Å². The van der Waals surface area contributed by atoms with Crippen molar-refractivity contribution in [3.05, 3.63) is 0 Å². The van der Waals surface area contributed by atoms with Gasteiger partial charge in [0.1, 0.15) is 0 Å². The van der Waals surface area contributed by atoms with Crippen molar-refractivity contribution in [3.63, 3.8) is 0 Å². The Morgan fingerprint density at radius 2 is 1.53 bits per heavy atom. The highest BCUT2D eigenvalue weighted by atomic mass is 28.4. The quantitative estimate of drug-likeness (QED) is 0.554. The lowest BCUT2D eigenvalue weighted by Crippen LogP contribution is -2.47. The number of hydrogen-bond acceptors (Lipinski definition) is 2. The van der Waals surface area contributed by atoms with Crippen LogP contribution in [0.4, 0.5) is 0 Å². The van der Waals surface area contributed by atoms with Crippen molar-refractivity contribution in [2.45, 2.75) is 90.5 Å². The standard InChI is InChI=1S/C15H32O3Si/c1-6-15(7-2,13-11-12-14(16)17)18-19(8-3,9-4)10-5/h6-13H2,1-5H3,(H,16,17). The molecule has 1 N–H and O–H groups in total. The van der Waals surface area contributed by atoms with E-state index in [9.17, 15) is 4.79 Å². The highest BCUT2D eigenvalue weighted by Crippen LogP contribution is 2.35. The first-order valence-corrected chi connectivity index (χ1v) is 10.4. The summed E-state index contributed by atoms with van der Waals surface area (Å²) in [6.07, 6.45) is 3.82. The Bertz CT molecular complexity index is 250. The maximum atomic E-state index is 10.7. The molecule has 0 bridgehead atoms. The Hall–Kier alpha value is -0.353. The van der Waals surface area contributed by atoms with Crippen LogP contribution in [0.3, 0.4) is 0 Å². The van der Waals surface area contributed by atoms with E-state index in [-0.39, 0.29) is 12.0 Å². The van der Waals surface area contributed by atoms with Gasteiger partial charge in [-0.2, -0.15) is 0 Å². The molecule has 0 aromatic rings. The molecule has 0 heterocycles. The highest BCUT2D eigenvalue weighted by molar-refractivity contribution is 6.73. The van der Waals surface area contributed by atoms with Crippen molar-refractivity contribution in [3.8, 4) is 0 Å². The van der Waals surface area contributed by atoms with Crippen LogP contribution in [0, 0.1) is 0 Å². The van der Waals surface area contributed by atoms with Crippen molar-refractivity contribution < 1.29 is 14.3 Å². The molecule has 0 unspecified atom stereocenters. The summed E-state index contributed by atoms with van der Waals surface area (Å²) in [5, 5.41) is 8.79. The molecule has 0 amide bonds. The number of carboxylic acids is 1. The van der Waals surface area contributed by atoms with Gasteiger partial charge in [-0.1, -0.05) is 34.6 Å². The van der Waals surface area contributed by atoms with E-state index in [1.165, 1.54) is 0 Å². The second kappa shape index (κ2) is 8.75. The first-order chi connectivity index (χ1) is 8.93. The molecule has 4 heteroatoms. The molecular formula is C15H32O3Si. The van der Waals surface area contributed by atoms with Crippen molar-refractivity contribution in [1.82, 2.24) is 0 Å². The molecule has 3 nitrogen and oxygen atoms in total. The van der Waals surface area contributed by atoms with Crippen molar-refractivity contribution in [2.75, 3.05) is 0 Å². The molecule has 0 saturated heterocycles. The van der Waals surface area contributed by atoms with E-state index in [4.69, 9.17) is 9.53 Å². The van der Waals surface area contributed by atoms with E-state index in [1.807, 2.05) is 0 Å². The van der Waals surface area contributed by atoms with Gasteiger partial charge in [0.15, 0.2) is 8.32 Å². The third-order valence-electron chi connectivity index (χ3n) is 4.68. The Morgan fingerprint density at radius 1 is 1.05 bits per heavy atom. The zero-order valence-electron chi connectivity index (χ0n) is 13.4. The fourth-order valence-electron chi connectivity index (χ4n) is 2.79. The number of hydrogen-bond donors (Lipinski definition) is 1. The molecule has 0 aliphatic carbocycles. The second-order valence-corrected chi connectivity index (χ2v) is 10.2. The molecule has 114 valence electrons. The summed E-state index contributed by atoms with van der Waals surface area (Å²) >= 11 is 0. The lowest BCUT2D eigenvalue weighted by Gasteiger charge is -2.42. The molecule has 0 aromatic heterocycles. The molecule has 0 aliphatic rings. The van der Waals surface area contributed by atoms with Gasteiger partial charge in [0.25, 0.3) is 0 Å². The predicted molar refractivity (Wildman–Crippen MR) is 83.1 cm³/mol. The fraction of sp³-hybridized carbons (Fsp3) is 0.933. The van der Waals surface area contributed by atoms with Crippen LogP contribution in [-0.4, -0.2) is 25.0 Å². The van der Waals surface area contributed by atoms with Gasteiger partial charge < -0.3 is 9.53 Å². The molecule has 0 fully saturated rings. The first kappa shape index (κ1) is 18.6. The lowest BCUT2D eigenvalue weighted by atomic mass is 9.91. The van der Waals surface area contributed by atoms with E-state index in [0.717, 1.165) is 43.8 Å². The van der Waals surface area contributed by atoms with Crippen LogP contribution in [0.15, 0.2) is 0 Å². The summed E-state index contributed by atoms with van der Waals surface area (Å²) in [4.78, 5) is 10.7.